The summed E-state index contributed by atoms with van der Waals surface area (Å²) in [7, 11) is -4.18. The summed E-state index contributed by atoms with van der Waals surface area (Å²) in [6.07, 6.45) is 2.99. The van der Waals surface area contributed by atoms with Gasteiger partial charge in [-0.15, -0.1) is 0 Å². The number of hydrogen-bond donors (Lipinski definition) is 0. The first-order chi connectivity index (χ1) is 15.7. The van der Waals surface area contributed by atoms with E-state index in [0.717, 1.165) is 40.3 Å². The Morgan fingerprint density at radius 2 is 1.64 bits per heavy atom. The van der Waals surface area contributed by atoms with Crippen LogP contribution in [-0.4, -0.2) is 20.9 Å². The van der Waals surface area contributed by atoms with Gasteiger partial charge >= 0.3 is 0 Å². The van der Waals surface area contributed by atoms with Crippen LogP contribution in [0.1, 0.15) is 36.5 Å². The summed E-state index contributed by atoms with van der Waals surface area (Å²) in [5.41, 5.74) is 3.27. The number of sulfonamides is 1. The van der Waals surface area contributed by atoms with Crippen LogP contribution >= 0.6 is 11.6 Å². The lowest BCUT2D eigenvalue weighted by atomic mass is 10.1. The van der Waals surface area contributed by atoms with Gasteiger partial charge in [0, 0.05) is 5.02 Å². The highest BCUT2D eigenvalue weighted by molar-refractivity contribution is 7.93. The van der Waals surface area contributed by atoms with E-state index < -0.39 is 22.5 Å². The van der Waals surface area contributed by atoms with Gasteiger partial charge in [-0.25, -0.2) is 8.42 Å². The zero-order valence-electron chi connectivity index (χ0n) is 19.0. The van der Waals surface area contributed by atoms with Gasteiger partial charge in [0.2, 0.25) is 0 Å². The molecule has 0 atom stereocenters. The van der Waals surface area contributed by atoms with Gasteiger partial charge in [0.25, 0.3) is 15.9 Å². The molecule has 0 aliphatic heterocycles. The number of carbonyl (C=O) groups is 1. The SMILES string of the molecule is CCCCc1ccc(N(C(=O)COc2cccc(C)c2C)S(=O)(=O)c2ccc(Cl)cc2)cc1. The molecule has 7 heteroatoms. The van der Waals surface area contributed by atoms with Gasteiger partial charge in [-0.05, 0) is 85.8 Å². The molecule has 33 heavy (non-hydrogen) atoms. The van der Waals surface area contributed by atoms with Gasteiger partial charge in [-0.3, -0.25) is 4.79 Å². The van der Waals surface area contributed by atoms with E-state index in [0.29, 0.717) is 10.8 Å². The summed E-state index contributed by atoms with van der Waals surface area (Å²) in [5.74, 6) is -0.144. The first-order valence-corrected chi connectivity index (χ1v) is 12.7. The molecule has 0 saturated heterocycles. The number of nitrogens with zero attached hydrogens (tertiary/aromatic N) is 1. The van der Waals surface area contributed by atoms with Gasteiger partial charge in [0.05, 0.1) is 10.6 Å². The van der Waals surface area contributed by atoms with E-state index in [9.17, 15) is 13.2 Å². The fourth-order valence-electron chi connectivity index (χ4n) is 3.39. The maximum absolute atomic E-state index is 13.5. The summed E-state index contributed by atoms with van der Waals surface area (Å²) in [4.78, 5) is 13.2. The van der Waals surface area contributed by atoms with E-state index in [1.807, 2.05) is 38.1 Å². The summed E-state index contributed by atoms with van der Waals surface area (Å²) in [5, 5.41) is 0.408. The first kappa shape index (κ1) is 24.8. The Labute approximate surface area is 201 Å². The Hall–Kier alpha value is -2.83. The molecule has 0 aromatic heterocycles. The minimum absolute atomic E-state index is 0.0259. The van der Waals surface area contributed by atoms with E-state index in [-0.39, 0.29) is 10.6 Å². The van der Waals surface area contributed by atoms with Crippen molar-refractivity contribution in [1.29, 1.82) is 0 Å². The number of anilines is 1. The predicted molar refractivity (Wildman–Crippen MR) is 133 cm³/mol. The molecule has 0 radical (unpaired) electrons. The zero-order chi connectivity index (χ0) is 24.0. The van der Waals surface area contributed by atoms with E-state index in [1.165, 1.54) is 24.3 Å². The molecule has 0 fully saturated rings. The second-order valence-electron chi connectivity index (χ2n) is 7.87. The van der Waals surface area contributed by atoms with Gasteiger partial charge < -0.3 is 4.74 Å². The Bertz CT molecular complexity index is 1210. The van der Waals surface area contributed by atoms with Crippen LogP contribution in [0.3, 0.4) is 0 Å². The average molecular weight is 486 g/mol. The van der Waals surface area contributed by atoms with E-state index in [2.05, 4.69) is 6.92 Å². The number of amides is 1. The summed E-state index contributed by atoms with van der Waals surface area (Å²) < 4.78 is 33.5. The number of halogens is 1. The van der Waals surface area contributed by atoms with Crippen molar-refractivity contribution in [2.75, 3.05) is 10.9 Å². The van der Waals surface area contributed by atoms with Crippen molar-refractivity contribution in [2.45, 2.75) is 44.9 Å². The molecule has 0 saturated carbocycles. The lowest BCUT2D eigenvalue weighted by Crippen LogP contribution is -2.40. The number of ether oxygens (including phenoxy) is 1. The minimum atomic E-state index is -4.18. The number of rotatable bonds is 9. The maximum Gasteiger partial charge on any atom is 0.278 e. The van der Waals surface area contributed by atoms with Crippen LogP contribution < -0.4 is 9.04 Å². The topological polar surface area (TPSA) is 63.7 Å². The number of hydrogen-bond acceptors (Lipinski definition) is 4. The third-order valence-corrected chi connectivity index (χ3v) is 7.49. The van der Waals surface area contributed by atoms with Crippen molar-refractivity contribution in [2.24, 2.45) is 0 Å². The zero-order valence-corrected chi connectivity index (χ0v) is 20.6. The van der Waals surface area contributed by atoms with Crippen LogP contribution in [0.15, 0.2) is 71.6 Å². The van der Waals surface area contributed by atoms with Crippen molar-refractivity contribution in [1.82, 2.24) is 0 Å². The van der Waals surface area contributed by atoms with E-state index in [1.54, 1.807) is 18.2 Å². The molecule has 3 aromatic rings. The summed E-state index contributed by atoms with van der Waals surface area (Å²) >= 11 is 5.93. The van der Waals surface area contributed by atoms with Crippen molar-refractivity contribution in [3.8, 4) is 5.75 Å². The minimum Gasteiger partial charge on any atom is -0.483 e. The Morgan fingerprint density at radius 3 is 2.27 bits per heavy atom. The molecule has 1 amide bonds. The average Bonchev–Trinajstić information content (AvgIpc) is 2.80. The molecule has 174 valence electrons. The summed E-state index contributed by atoms with van der Waals surface area (Å²) in [6, 6.07) is 18.3. The lowest BCUT2D eigenvalue weighted by molar-refractivity contribution is -0.119. The normalized spacial score (nSPS) is 11.3. The molecule has 3 aromatic carbocycles. The largest absolute Gasteiger partial charge is 0.483 e. The van der Waals surface area contributed by atoms with Gasteiger partial charge in [-0.2, -0.15) is 4.31 Å². The molecule has 0 unspecified atom stereocenters. The van der Waals surface area contributed by atoms with Crippen LogP contribution in [0.4, 0.5) is 5.69 Å². The highest BCUT2D eigenvalue weighted by atomic mass is 35.5. The second kappa shape index (κ2) is 10.9. The van der Waals surface area contributed by atoms with Crippen molar-refractivity contribution < 1.29 is 17.9 Å². The van der Waals surface area contributed by atoms with Gasteiger partial charge in [0.15, 0.2) is 6.61 Å². The van der Waals surface area contributed by atoms with Crippen LogP contribution in [0, 0.1) is 13.8 Å². The highest BCUT2D eigenvalue weighted by Gasteiger charge is 2.31. The Balaban J connectivity index is 1.94. The molecular weight excluding hydrogens is 458 g/mol. The molecule has 0 spiro atoms. The summed E-state index contributed by atoms with van der Waals surface area (Å²) in [6.45, 7) is 5.53. The fourth-order valence-corrected chi connectivity index (χ4v) is 4.92. The highest BCUT2D eigenvalue weighted by Crippen LogP contribution is 2.27. The second-order valence-corrected chi connectivity index (χ2v) is 10.1. The molecule has 0 heterocycles. The smallest absolute Gasteiger partial charge is 0.278 e. The van der Waals surface area contributed by atoms with Gasteiger partial charge in [-0.1, -0.05) is 49.2 Å². The Kier molecular flexibility index (Phi) is 8.16. The quantitative estimate of drug-likeness (QED) is 0.367. The standard InChI is InChI=1S/C26H28ClNO4S/c1-4-5-8-21-10-14-23(15-11-21)28(33(30,31)24-16-12-22(27)13-17-24)26(29)18-32-25-9-6-7-19(2)20(25)3/h6-7,9-17H,4-5,8,18H2,1-3H3. The van der Waals surface area contributed by atoms with Crippen molar-refractivity contribution >= 4 is 33.2 Å². The molecular formula is C26H28ClNO4S. The molecule has 3 rings (SSSR count). The van der Waals surface area contributed by atoms with Gasteiger partial charge in [0.1, 0.15) is 5.75 Å². The maximum atomic E-state index is 13.5. The van der Waals surface area contributed by atoms with Crippen LogP contribution in [-0.2, 0) is 21.2 Å². The third-order valence-electron chi connectivity index (χ3n) is 5.47. The molecule has 0 aliphatic rings. The number of aryl methyl sites for hydroxylation is 2. The number of benzene rings is 3. The van der Waals surface area contributed by atoms with E-state index in [4.69, 9.17) is 16.3 Å². The monoisotopic (exact) mass is 485 g/mol. The number of unbranched alkanes of at least 4 members (excludes halogenated alkanes) is 1. The van der Waals surface area contributed by atoms with E-state index >= 15 is 0 Å². The first-order valence-electron chi connectivity index (χ1n) is 10.9. The molecule has 0 aliphatic carbocycles. The molecule has 5 nitrogen and oxygen atoms in total. The Morgan fingerprint density at radius 1 is 0.970 bits per heavy atom. The van der Waals surface area contributed by atoms with Crippen LogP contribution in [0.2, 0.25) is 5.02 Å². The third kappa shape index (κ3) is 5.95. The molecule has 0 bridgehead atoms. The fraction of sp³-hybridized carbons (Fsp3) is 0.269. The van der Waals surface area contributed by atoms with Crippen LogP contribution in [0.25, 0.3) is 0 Å². The predicted octanol–water partition coefficient (Wildman–Crippen LogP) is 6.10. The van der Waals surface area contributed by atoms with Crippen molar-refractivity contribution in [3.05, 3.63) is 88.4 Å². The molecule has 0 N–H and O–H groups in total. The lowest BCUT2D eigenvalue weighted by Gasteiger charge is -2.23. The van der Waals surface area contributed by atoms with Crippen molar-refractivity contribution in [3.63, 3.8) is 0 Å². The van der Waals surface area contributed by atoms with Crippen LogP contribution in [0.5, 0.6) is 5.75 Å². The number of carbonyl (C=O) groups excluding carboxylic acids is 1.